The fourth-order valence-electron chi connectivity index (χ4n) is 2.40. The normalized spacial score (nSPS) is 24.8. The Labute approximate surface area is 98.0 Å². The van der Waals surface area contributed by atoms with Crippen LogP contribution in [0.5, 0.6) is 0 Å². The summed E-state index contributed by atoms with van der Waals surface area (Å²) < 4.78 is 5.99. The summed E-state index contributed by atoms with van der Waals surface area (Å²) in [6, 6.07) is 11.0. The number of hydrogen-bond acceptors (Lipinski definition) is 2. The first kappa shape index (κ1) is 11.6. The van der Waals surface area contributed by atoms with Gasteiger partial charge in [-0.1, -0.05) is 37.3 Å². The molecular formula is C14H21NO. The summed E-state index contributed by atoms with van der Waals surface area (Å²) in [6.45, 7) is 3.94. The fourth-order valence-corrected chi connectivity index (χ4v) is 2.40. The Kier molecular flexibility index (Phi) is 4.37. The average molecular weight is 219 g/mol. The molecule has 0 spiro atoms. The molecule has 2 unspecified atom stereocenters. The summed E-state index contributed by atoms with van der Waals surface area (Å²) in [7, 11) is 0. The standard InChI is InChI=1S/C14H21NO/c1-2-15-13-9-6-10-14(13)16-11-12-7-4-3-5-8-12/h3-5,7-8,13-15H,2,6,9-11H2,1H3. The molecule has 0 aliphatic heterocycles. The predicted molar refractivity (Wildman–Crippen MR) is 66.3 cm³/mol. The second-order valence-electron chi connectivity index (χ2n) is 4.43. The van der Waals surface area contributed by atoms with Gasteiger partial charge in [0.25, 0.3) is 0 Å². The fraction of sp³-hybridized carbons (Fsp3) is 0.571. The molecule has 1 aliphatic rings. The van der Waals surface area contributed by atoms with Crippen LogP contribution >= 0.6 is 0 Å². The van der Waals surface area contributed by atoms with Crippen LogP contribution < -0.4 is 5.32 Å². The molecule has 2 rings (SSSR count). The van der Waals surface area contributed by atoms with Crippen molar-refractivity contribution in [3.05, 3.63) is 35.9 Å². The van der Waals surface area contributed by atoms with Gasteiger partial charge in [-0.15, -0.1) is 0 Å². The van der Waals surface area contributed by atoms with Crippen LogP contribution in [0.25, 0.3) is 0 Å². The van der Waals surface area contributed by atoms with Gasteiger partial charge in [0.15, 0.2) is 0 Å². The SMILES string of the molecule is CCNC1CCCC1OCc1ccccc1. The summed E-state index contributed by atoms with van der Waals surface area (Å²) >= 11 is 0. The van der Waals surface area contributed by atoms with Crippen molar-refractivity contribution in [1.29, 1.82) is 0 Å². The number of ether oxygens (including phenoxy) is 1. The molecule has 1 aromatic rings. The van der Waals surface area contributed by atoms with Crippen molar-refractivity contribution >= 4 is 0 Å². The molecule has 1 aromatic carbocycles. The highest BCUT2D eigenvalue weighted by atomic mass is 16.5. The molecule has 1 aliphatic carbocycles. The maximum atomic E-state index is 5.99. The molecule has 0 radical (unpaired) electrons. The van der Waals surface area contributed by atoms with Gasteiger partial charge in [-0.05, 0) is 31.4 Å². The van der Waals surface area contributed by atoms with Crippen LogP contribution in [-0.2, 0) is 11.3 Å². The molecule has 1 N–H and O–H groups in total. The van der Waals surface area contributed by atoms with Crippen molar-refractivity contribution < 1.29 is 4.74 Å². The Bertz CT molecular complexity index is 299. The molecule has 0 amide bonds. The zero-order valence-corrected chi connectivity index (χ0v) is 9.99. The number of benzene rings is 1. The lowest BCUT2D eigenvalue weighted by atomic mass is 10.2. The molecule has 2 heteroatoms. The number of hydrogen-bond donors (Lipinski definition) is 1. The molecule has 1 fully saturated rings. The Balaban J connectivity index is 1.81. The van der Waals surface area contributed by atoms with Crippen LogP contribution in [0.4, 0.5) is 0 Å². The van der Waals surface area contributed by atoms with E-state index in [1.165, 1.54) is 24.8 Å². The second kappa shape index (κ2) is 6.02. The third-order valence-electron chi connectivity index (χ3n) is 3.23. The minimum atomic E-state index is 0.403. The first-order valence-corrected chi connectivity index (χ1v) is 6.29. The Morgan fingerprint density at radius 1 is 1.25 bits per heavy atom. The van der Waals surface area contributed by atoms with Crippen LogP contribution in [0.3, 0.4) is 0 Å². The average Bonchev–Trinajstić information content (AvgIpc) is 2.76. The van der Waals surface area contributed by atoms with Crippen LogP contribution in [0.2, 0.25) is 0 Å². The van der Waals surface area contributed by atoms with E-state index in [0.29, 0.717) is 12.1 Å². The monoisotopic (exact) mass is 219 g/mol. The van der Waals surface area contributed by atoms with Gasteiger partial charge in [-0.25, -0.2) is 0 Å². The van der Waals surface area contributed by atoms with E-state index in [2.05, 4.69) is 36.5 Å². The van der Waals surface area contributed by atoms with E-state index < -0.39 is 0 Å². The van der Waals surface area contributed by atoms with Crippen LogP contribution in [0.15, 0.2) is 30.3 Å². The van der Waals surface area contributed by atoms with Crippen LogP contribution in [-0.4, -0.2) is 18.7 Å². The van der Waals surface area contributed by atoms with E-state index in [4.69, 9.17) is 4.74 Å². The lowest BCUT2D eigenvalue weighted by molar-refractivity contribution is 0.0283. The lowest BCUT2D eigenvalue weighted by Crippen LogP contribution is -2.36. The lowest BCUT2D eigenvalue weighted by Gasteiger charge is -2.20. The molecular weight excluding hydrogens is 198 g/mol. The minimum Gasteiger partial charge on any atom is -0.372 e. The number of nitrogens with one attached hydrogen (secondary N) is 1. The molecule has 0 saturated heterocycles. The molecule has 16 heavy (non-hydrogen) atoms. The van der Waals surface area contributed by atoms with Crippen molar-refractivity contribution in [2.45, 2.75) is 44.9 Å². The van der Waals surface area contributed by atoms with Gasteiger partial charge in [-0.3, -0.25) is 0 Å². The van der Waals surface area contributed by atoms with E-state index in [0.717, 1.165) is 13.2 Å². The van der Waals surface area contributed by atoms with E-state index in [1.54, 1.807) is 0 Å². The van der Waals surface area contributed by atoms with Gasteiger partial charge < -0.3 is 10.1 Å². The zero-order chi connectivity index (χ0) is 11.2. The van der Waals surface area contributed by atoms with Gasteiger partial charge in [0.1, 0.15) is 0 Å². The van der Waals surface area contributed by atoms with Crippen LogP contribution in [0, 0.1) is 0 Å². The van der Waals surface area contributed by atoms with E-state index >= 15 is 0 Å². The van der Waals surface area contributed by atoms with Gasteiger partial charge in [0, 0.05) is 6.04 Å². The molecule has 2 nitrogen and oxygen atoms in total. The highest BCUT2D eigenvalue weighted by Gasteiger charge is 2.26. The highest BCUT2D eigenvalue weighted by Crippen LogP contribution is 2.23. The molecule has 0 bridgehead atoms. The molecule has 88 valence electrons. The molecule has 0 heterocycles. The Morgan fingerprint density at radius 2 is 2.06 bits per heavy atom. The van der Waals surface area contributed by atoms with E-state index in [-0.39, 0.29) is 0 Å². The number of likely N-dealkylation sites (N-methyl/N-ethyl adjacent to an activating group) is 1. The van der Waals surface area contributed by atoms with Crippen molar-refractivity contribution in [2.75, 3.05) is 6.54 Å². The van der Waals surface area contributed by atoms with Crippen molar-refractivity contribution in [3.63, 3.8) is 0 Å². The van der Waals surface area contributed by atoms with Gasteiger partial charge in [-0.2, -0.15) is 0 Å². The topological polar surface area (TPSA) is 21.3 Å². The summed E-state index contributed by atoms with van der Waals surface area (Å²) in [5.74, 6) is 0. The molecule has 0 aromatic heterocycles. The van der Waals surface area contributed by atoms with Gasteiger partial charge >= 0.3 is 0 Å². The van der Waals surface area contributed by atoms with Crippen molar-refractivity contribution in [2.24, 2.45) is 0 Å². The highest BCUT2D eigenvalue weighted by molar-refractivity contribution is 5.13. The minimum absolute atomic E-state index is 0.403. The Hall–Kier alpha value is -0.860. The first-order valence-electron chi connectivity index (χ1n) is 6.29. The van der Waals surface area contributed by atoms with E-state index in [1.807, 2.05) is 6.07 Å². The predicted octanol–water partition coefficient (Wildman–Crippen LogP) is 2.73. The largest absolute Gasteiger partial charge is 0.372 e. The second-order valence-corrected chi connectivity index (χ2v) is 4.43. The summed E-state index contributed by atoms with van der Waals surface area (Å²) in [4.78, 5) is 0. The first-order chi connectivity index (χ1) is 7.90. The molecule has 1 saturated carbocycles. The maximum Gasteiger partial charge on any atom is 0.0732 e. The summed E-state index contributed by atoms with van der Waals surface area (Å²) in [6.07, 6.45) is 4.15. The van der Waals surface area contributed by atoms with Crippen molar-refractivity contribution in [1.82, 2.24) is 5.32 Å². The summed E-state index contributed by atoms with van der Waals surface area (Å²) in [5.41, 5.74) is 1.27. The van der Waals surface area contributed by atoms with E-state index in [9.17, 15) is 0 Å². The third-order valence-corrected chi connectivity index (χ3v) is 3.23. The quantitative estimate of drug-likeness (QED) is 0.822. The van der Waals surface area contributed by atoms with Crippen molar-refractivity contribution in [3.8, 4) is 0 Å². The zero-order valence-electron chi connectivity index (χ0n) is 9.99. The summed E-state index contributed by atoms with van der Waals surface area (Å²) in [5, 5.41) is 3.51. The van der Waals surface area contributed by atoms with Gasteiger partial charge in [0.2, 0.25) is 0 Å². The Morgan fingerprint density at radius 3 is 2.81 bits per heavy atom. The third kappa shape index (κ3) is 3.06. The number of rotatable bonds is 5. The van der Waals surface area contributed by atoms with Gasteiger partial charge in [0.05, 0.1) is 12.7 Å². The van der Waals surface area contributed by atoms with Crippen LogP contribution in [0.1, 0.15) is 31.7 Å². The maximum absolute atomic E-state index is 5.99. The smallest absolute Gasteiger partial charge is 0.0732 e. The molecule has 2 atom stereocenters.